The monoisotopic (exact) mass is 246 g/mol. The smallest absolute Gasteiger partial charge is 0.326 e. The standard InChI is InChI=1S/C14H18N2O2/c17-14-15-12-3-1-2-4-13(12)16(14)8-5-11-6-9-18-10-7-11/h1-4,11H,5-10H2,(H,15,17). The molecule has 1 N–H and O–H groups in total. The third kappa shape index (κ3) is 2.20. The van der Waals surface area contributed by atoms with Crippen molar-refractivity contribution in [2.24, 2.45) is 5.92 Å². The van der Waals surface area contributed by atoms with Gasteiger partial charge in [-0.15, -0.1) is 0 Å². The van der Waals surface area contributed by atoms with Gasteiger partial charge in [0.1, 0.15) is 0 Å². The quantitative estimate of drug-likeness (QED) is 0.902. The number of aromatic nitrogens is 2. The number of ether oxygens (including phenoxy) is 1. The van der Waals surface area contributed by atoms with E-state index >= 15 is 0 Å². The van der Waals surface area contributed by atoms with E-state index in [9.17, 15) is 4.79 Å². The molecule has 0 atom stereocenters. The van der Waals surface area contributed by atoms with E-state index < -0.39 is 0 Å². The molecule has 1 fully saturated rings. The Labute approximate surface area is 106 Å². The van der Waals surface area contributed by atoms with Gasteiger partial charge in [0.25, 0.3) is 0 Å². The van der Waals surface area contributed by atoms with Crippen molar-refractivity contribution in [1.29, 1.82) is 0 Å². The summed E-state index contributed by atoms with van der Waals surface area (Å²) in [5, 5.41) is 0. The van der Waals surface area contributed by atoms with Gasteiger partial charge in [0.05, 0.1) is 11.0 Å². The summed E-state index contributed by atoms with van der Waals surface area (Å²) < 4.78 is 7.21. The summed E-state index contributed by atoms with van der Waals surface area (Å²) in [7, 11) is 0. The molecule has 0 radical (unpaired) electrons. The lowest BCUT2D eigenvalue weighted by Gasteiger charge is -2.21. The molecule has 1 aromatic carbocycles. The summed E-state index contributed by atoms with van der Waals surface area (Å²) >= 11 is 0. The van der Waals surface area contributed by atoms with Crippen LogP contribution in [0.15, 0.2) is 29.1 Å². The number of hydrogen-bond donors (Lipinski definition) is 1. The Morgan fingerprint density at radius 2 is 2.06 bits per heavy atom. The van der Waals surface area contributed by atoms with Crippen LogP contribution in [0.25, 0.3) is 11.0 Å². The van der Waals surface area contributed by atoms with Crippen LogP contribution in [0.5, 0.6) is 0 Å². The maximum atomic E-state index is 11.9. The number of imidazole rings is 1. The van der Waals surface area contributed by atoms with Gasteiger partial charge in [0.2, 0.25) is 0 Å². The molecule has 1 aliphatic rings. The summed E-state index contributed by atoms with van der Waals surface area (Å²) in [6, 6.07) is 7.86. The molecule has 1 aromatic heterocycles. The molecule has 0 saturated carbocycles. The lowest BCUT2D eigenvalue weighted by molar-refractivity contribution is 0.0626. The van der Waals surface area contributed by atoms with Crippen molar-refractivity contribution in [2.75, 3.05) is 13.2 Å². The lowest BCUT2D eigenvalue weighted by Crippen LogP contribution is -2.21. The zero-order valence-electron chi connectivity index (χ0n) is 10.4. The maximum absolute atomic E-state index is 11.9. The van der Waals surface area contributed by atoms with Crippen LogP contribution in [-0.4, -0.2) is 22.8 Å². The van der Waals surface area contributed by atoms with Crippen molar-refractivity contribution in [2.45, 2.75) is 25.8 Å². The van der Waals surface area contributed by atoms with Crippen LogP contribution < -0.4 is 5.69 Å². The highest BCUT2D eigenvalue weighted by Crippen LogP contribution is 2.19. The van der Waals surface area contributed by atoms with E-state index in [0.717, 1.165) is 50.1 Å². The fraction of sp³-hybridized carbons (Fsp3) is 0.500. The summed E-state index contributed by atoms with van der Waals surface area (Å²) in [6.07, 6.45) is 3.30. The highest BCUT2D eigenvalue weighted by molar-refractivity contribution is 5.74. The summed E-state index contributed by atoms with van der Waals surface area (Å²) in [5.41, 5.74) is 1.94. The number of aromatic amines is 1. The number of aryl methyl sites for hydroxylation is 1. The number of benzene rings is 1. The lowest BCUT2D eigenvalue weighted by atomic mass is 9.97. The van der Waals surface area contributed by atoms with Gasteiger partial charge in [-0.2, -0.15) is 0 Å². The number of rotatable bonds is 3. The van der Waals surface area contributed by atoms with Crippen molar-refractivity contribution in [3.8, 4) is 0 Å². The van der Waals surface area contributed by atoms with E-state index in [1.54, 1.807) is 0 Å². The molecular weight excluding hydrogens is 228 g/mol. The molecule has 2 aromatic rings. The number of hydrogen-bond acceptors (Lipinski definition) is 2. The highest BCUT2D eigenvalue weighted by Gasteiger charge is 2.14. The molecule has 2 heterocycles. The van der Waals surface area contributed by atoms with Gasteiger partial charge < -0.3 is 9.72 Å². The van der Waals surface area contributed by atoms with Crippen LogP contribution in [0.1, 0.15) is 19.3 Å². The molecular formula is C14H18N2O2. The zero-order chi connectivity index (χ0) is 12.4. The maximum Gasteiger partial charge on any atom is 0.326 e. The van der Waals surface area contributed by atoms with E-state index in [-0.39, 0.29) is 5.69 Å². The molecule has 4 heteroatoms. The first-order chi connectivity index (χ1) is 8.84. The van der Waals surface area contributed by atoms with E-state index in [4.69, 9.17) is 4.74 Å². The normalized spacial score (nSPS) is 17.3. The van der Waals surface area contributed by atoms with Crippen molar-refractivity contribution in [3.05, 3.63) is 34.7 Å². The van der Waals surface area contributed by atoms with Gasteiger partial charge in [-0.25, -0.2) is 4.79 Å². The van der Waals surface area contributed by atoms with Crippen LogP contribution in [0.4, 0.5) is 0 Å². The minimum absolute atomic E-state index is 0.00302. The van der Waals surface area contributed by atoms with Crippen LogP contribution in [-0.2, 0) is 11.3 Å². The molecule has 4 nitrogen and oxygen atoms in total. The molecule has 1 saturated heterocycles. The Balaban J connectivity index is 1.77. The molecule has 3 rings (SSSR count). The molecule has 18 heavy (non-hydrogen) atoms. The highest BCUT2D eigenvalue weighted by atomic mass is 16.5. The van der Waals surface area contributed by atoms with E-state index in [1.807, 2.05) is 28.8 Å². The second kappa shape index (κ2) is 4.98. The Hall–Kier alpha value is -1.55. The SMILES string of the molecule is O=c1[nH]c2ccccc2n1CCC1CCOCC1. The first-order valence-corrected chi connectivity index (χ1v) is 6.60. The van der Waals surface area contributed by atoms with Crippen molar-refractivity contribution < 1.29 is 4.74 Å². The topological polar surface area (TPSA) is 47.0 Å². The third-order valence-corrected chi connectivity index (χ3v) is 3.78. The van der Waals surface area contributed by atoms with Gasteiger partial charge in [0.15, 0.2) is 0 Å². The van der Waals surface area contributed by atoms with E-state index in [1.165, 1.54) is 0 Å². The van der Waals surface area contributed by atoms with Crippen LogP contribution >= 0.6 is 0 Å². The Morgan fingerprint density at radius 1 is 1.28 bits per heavy atom. The molecule has 0 aliphatic carbocycles. The fourth-order valence-corrected chi connectivity index (χ4v) is 2.68. The number of nitrogens with one attached hydrogen (secondary N) is 1. The predicted molar refractivity (Wildman–Crippen MR) is 70.7 cm³/mol. The van der Waals surface area contributed by atoms with Gasteiger partial charge in [-0.3, -0.25) is 4.57 Å². The largest absolute Gasteiger partial charge is 0.381 e. The van der Waals surface area contributed by atoms with Crippen molar-refractivity contribution in [3.63, 3.8) is 0 Å². The number of fused-ring (bicyclic) bond motifs is 1. The predicted octanol–water partition coefficient (Wildman–Crippen LogP) is 2.15. The van der Waals surface area contributed by atoms with Crippen molar-refractivity contribution >= 4 is 11.0 Å². The van der Waals surface area contributed by atoms with Gasteiger partial charge in [0, 0.05) is 19.8 Å². The Bertz CT molecular complexity index is 579. The van der Waals surface area contributed by atoms with Gasteiger partial charge in [-0.05, 0) is 37.3 Å². The van der Waals surface area contributed by atoms with E-state index in [0.29, 0.717) is 5.92 Å². The fourth-order valence-electron chi connectivity index (χ4n) is 2.68. The summed E-state index contributed by atoms with van der Waals surface area (Å²) in [5.74, 6) is 0.694. The average Bonchev–Trinajstić information content (AvgIpc) is 2.73. The molecule has 0 bridgehead atoms. The van der Waals surface area contributed by atoms with Crippen molar-refractivity contribution in [1.82, 2.24) is 9.55 Å². The Morgan fingerprint density at radius 3 is 2.89 bits per heavy atom. The summed E-state index contributed by atoms with van der Waals surface area (Å²) in [4.78, 5) is 14.8. The third-order valence-electron chi connectivity index (χ3n) is 3.78. The zero-order valence-corrected chi connectivity index (χ0v) is 10.4. The molecule has 0 unspecified atom stereocenters. The first-order valence-electron chi connectivity index (χ1n) is 6.60. The van der Waals surface area contributed by atoms with Gasteiger partial charge in [-0.1, -0.05) is 12.1 Å². The second-order valence-corrected chi connectivity index (χ2v) is 4.94. The number of para-hydroxylation sites is 2. The Kier molecular flexibility index (Phi) is 3.19. The number of nitrogens with zero attached hydrogens (tertiary/aromatic N) is 1. The molecule has 96 valence electrons. The molecule has 1 aliphatic heterocycles. The first kappa shape index (κ1) is 11.5. The van der Waals surface area contributed by atoms with Crippen LogP contribution in [0.3, 0.4) is 0 Å². The minimum atomic E-state index is 0.00302. The minimum Gasteiger partial charge on any atom is -0.381 e. The van der Waals surface area contributed by atoms with Crippen LogP contribution in [0.2, 0.25) is 0 Å². The average molecular weight is 246 g/mol. The summed E-state index contributed by atoms with van der Waals surface area (Å²) in [6.45, 7) is 2.54. The molecule has 0 amide bonds. The van der Waals surface area contributed by atoms with E-state index in [2.05, 4.69) is 4.98 Å². The van der Waals surface area contributed by atoms with Gasteiger partial charge >= 0.3 is 5.69 Å². The number of H-pyrrole nitrogens is 1. The van der Waals surface area contributed by atoms with Crippen LogP contribution in [0, 0.1) is 5.92 Å². The second-order valence-electron chi connectivity index (χ2n) is 4.94. The molecule has 0 spiro atoms.